The molecule has 1 aromatic carbocycles. The number of amides is 1. The van der Waals surface area contributed by atoms with Crippen molar-refractivity contribution in [3.8, 4) is 0 Å². The molecule has 1 N–H and O–H groups in total. The van der Waals surface area contributed by atoms with Gasteiger partial charge in [-0.3, -0.25) is 14.2 Å². The molecule has 7 nitrogen and oxygen atoms in total. The summed E-state index contributed by atoms with van der Waals surface area (Å²) in [6, 6.07) is 13.7. The molecule has 186 valence electrons. The van der Waals surface area contributed by atoms with E-state index in [0.717, 1.165) is 48.3 Å². The Hall–Kier alpha value is -3.61. The number of nitrogens with zero attached hydrogens (tertiary/aromatic N) is 4. The Morgan fingerprint density at radius 3 is 2.61 bits per heavy atom. The number of hydrogen-bond donors (Lipinski definition) is 1. The number of fused-ring (bicyclic) bond motifs is 2. The molecule has 0 spiro atoms. The fourth-order valence-corrected chi connectivity index (χ4v) is 5.76. The van der Waals surface area contributed by atoms with Gasteiger partial charge in [0.25, 0.3) is 0 Å². The molecular weight excluding hydrogens is 450 g/mol. The second-order valence-electron chi connectivity index (χ2n) is 10.3. The van der Waals surface area contributed by atoms with Gasteiger partial charge in [0.2, 0.25) is 5.91 Å². The Morgan fingerprint density at radius 2 is 1.89 bits per heavy atom. The van der Waals surface area contributed by atoms with E-state index in [1.165, 1.54) is 18.5 Å². The summed E-state index contributed by atoms with van der Waals surface area (Å²) in [6.45, 7) is 6.79. The van der Waals surface area contributed by atoms with Crippen LogP contribution in [0.5, 0.6) is 0 Å². The molecule has 3 heterocycles. The summed E-state index contributed by atoms with van der Waals surface area (Å²) in [5.74, 6) is 3.28. The van der Waals surface area contributed by atoms with Gasteiger partial charge in [0.05, 0.1) is 5.39 Å². The Balaban J connectivity index is 1.46. The molecule has 1 saturated heterocycles. The van der Waals surface area contributed by atoms with Gasteiger partial charge in [-0.2, -0.15) is 0 Å². The average molecular weight is 484 g/mol. The van der Waals surface area contributed by atoms with Gasteiger partial charge in [-0.05, 0) is 61.8 Å². The molecule has 7 heteroatoms. The number of pyridine rings is 2. The quantitative estimate of drug-likeness (QED) is 0.566. The first-order valence-electron chi connectivity index (χ1n) is 13.1. The molecule has 1 amide bonds. The van der Waals surface area contributed by atoms with Crippen LogP contribution in [0.25, 0.3) is 16.7 Å². The van der Waals surface area contributed by atoms with E-state index in [0.29, 0.717) is 36.5 Å². The second-order valence-corrected chi connectivity index (χ2v) is 10.3. The maximum absolute atomic E-state index is 13.4. The highest BCUT2D eigenvalue weighted by Crippen LogP contribution is 2.49. The lowest BCUT2D eigenvalue weighted by molar-refractivity contribution is -0.131. The van der Waals surface area contributed by atoms with Crippen molar-refractivity contribution in [1.82, 2.24) is 14.5 Å². The average Bonchev–Trinajstić information content (AvgIpc) is 3.67. The Bertz CT molecular complexity index is 1400. The summed E-state index contributed by atoms with van der Waals surface area (Å²) < 4.78 is 2.19. The van der Waals surface area contributed by atoms with Crippen LogP contribution in [0.2, 0.25) is 0 Å². The van der Waals surface area contributed by atoms with Crippen LogP contribution < -0.4 is 15.6 Å². The number of para-hydroxylation sites is 1. The molecule has 3 aromatic rings. The van der Waals surface area contributed by atoms with Crippen LogP contribution in [-0.4, -0.2) is 46.5 Å². The maximum atomic E-state index is 13.4. The third kappa shape index (κ3) is 4.16. The standard InChI is InChI=1S/C29H33N5O2/c1-3-27(36)33-13-11-32(12-14-33)25-15-19(2)28-24(35)18-26(30-22-7-5-4-6-8-22)34(29(28)31-25)23-10-9-20-16-21(20)17-23/h4-8,15,17-18,20-21,30H,3,9-14,16H2,1-2H3. The molecule has 3 aliphatic rings. The van der Waals surface area contributed by atoms with Gasteiger partial charge in [0, 0.05) is 50.1 Å². The smallest absolute Gasteiger partial charge is 0.222 e. The molecule has 1 saturated carbocycles. The molecule has 36 heavy (non-hydrogen) atoms. The first-order chi connectivity index (χ1) is 17.5. The number of aromatic nitrogens is 2. The van der Waals surface area contributed by atoms with E-state index in [-0.39, 0.29) is 11.3 Å². The predicted octanol–water partition coefficient (Wildman–Crippen LogP) is 4.78. The lowest BCUT2D eigenvalue weighted by Gasteiger charge is -2.35. The molecule has 2 aromatic heterocycles. The highest BCUT2D eigenvalue weighted by atomic mass is 16.2. The number of anilines is 3. The van der Waals surface area contributed by atoms with Gasteiger partial charge < -0.3 is 15.1 Å². The van der Waals surface area contributed by atoms with Crippen molar-refractivity contribution < 1.29 is 4.79 Å². The van der Waals surface area contributed by atoms with Crippen molar-refractivity contribution in [2.24, 2.45) is 11.8 Å². The van der Waals surface area contributed by atoms with E-state index in [1.54, 1.807) is 6.07 Å². The number of hydrogen-bond acceptors (Lipinski definition) is 5. The van der Waals surface area contributed by atoms with Crippen molar-refractivity contribution in [3.63, 3.8) is 0 Å². The highest BCUT2D eigenvalue weighted by molar-refractivity contribution is 5.87. The number of carbonyl (C=O) groups is 1. The summed E-state index contributed by atoms with van der Waals surface area (Å²) >= 11 is 0. The Labute approximate surface area is 211 Å². The minimum Gasteiger partial charge on any atom is -0.353 e. The van der Waals surface area contributed by atoms with Gasteiger partial charge in [-0.25, -0.2) is 4.98 Å². The fraction of sp³-hybridized carbons (Fsp3) is 0.414. The number of allylic oxidation sites excluding steroid dienone is 2. The van der Waals surface area contributed by atoms with Crippen LogP contribution in [0.15, 0.2) is 53.3 Å². The SMILES string of the molecule is CCC(=O)N1CCN(c2cc(C)c3c(=O)cc(Nc4ccccc4)n(C4=CC5CC5CC4)c3n2)CC1. The third-order valence-electron chi connectivity index (χ3n) is 7.90. The summed E-state index contributed by atoms with van der Waals surface area (Å²) in [5, 5.41) is 4.18. The zero-order valence-electron chi connectivity index (χ0n) is 21.0. The molecule has 2 unspecified atom stereocenters. The maximum Gasteiger partial charge on any atom is 0.222 e. The van der Waals surface area contributed by atoms with Crippen molar-refractivity contribution in [2.45, 2.75) is 39.5 Å². The van der Waals surface area contributed by atoms with Crippen LogP contribution in [-0.2, 0) is 4.79 Å². The van der Waals surface area contributed by atoms with E-state index >= 15 is 0 Å². The summed E-state index contributed by atoms with van der Waals surface area (Å²) in [5.41, 5.74) is 3.80. The van der Waals surface area contributed by atoms with Crippen LogP contribution in [0.3, 0.4) is 0 Å². The first kappa shape index (κ1) is 22.8. The molecule has 2 fully saturated rings. The lowest BCUT2D eigenvalue weighted by atomic mass is 10.0. The van der Waals surface area contributed by atoms with Crippen molar-refractivity contribution >= 4 is 40.0 Å². The van der Waals surface area contributed by atoms with Crippen molar-refractivity contribution in [1.29, 1.82) is 0 Å². The number of rotatable bonds is 5. The number of benzene rings is 1. The van der Waals surface area contributed by atoms with Gasteiger partial charge in [0.1, 0.15) is 11.6 Å². The largest absolute Gasteiger partial charge is 0.353 e. The Kier molecular flexibility index (Phi) is 5.78. The fourth-order valence-electron chi connectivity index (χ4n) is 5.76. The molecular formula is C29H33N5O2. The molecule has 2 aliphatic carbocycles. The third-order valence-corrected chi connectivity index (χ3v) is 7.90. The predicted molar refractivity (Wildman–Crippen MR) is 145 cm³/mol. The van der Waals surface area contributed by atoms with Crippen LogP contribution in [0, 0.1) is 18.8 Å². The van der Waals surface area contributed by atoms with Gasteiger partial charge in [0.15, 0.2) is 11.1 Å². The zero-order chi connectivity index (χ0) is 24.8. The van der Waals surface area contributed by atoms with E-state index in [9.17, 15) is 9.59 Å². The summed E-state index contributed by atoms with van der Waals surface area (Å²) in [7, 11) is 0. The monoisotopic (exact) mass is 483 g/mol. The number of piperazine rings is 1. The van der Waals surface area contributed by atoms with Crippen LogP contribution in [0.4, 0.5) is 17.3 Å². The topological polar surface area (TPSA) is 70.5 Å². The summed E-state index contributed by atoms with van der Waals surface area (Å²) in [6.07, 6.45) is 6.36. The molecule has 2 atom stereocenters. The minimum atomic E-state index is -0.0182. The van der Waals surface area contributed by atoms with E-state index < -0.39 is 0 Å². The number of aryl methyl sites for hydroxylation is 1. The highest BCUT2D eigenvalue weighted by Gasteiger charge is 2.38. The van der Waals surface area contributed by atoms with Gasteiger partial charge >= 0.3 is 0 Å². The van der Waals surface area contributed by atoms with Crippen molar-refractivity contribution in [3.05, 3.63) is 64.3 Å². The minimum absolute atomic E-state index is 0.0182. The van der Waals surface area contributed by atoms with Gasteiger partial charge in [-0.15, -0.1) is 0 Å². The van der Waals surface area contributed by atoms with Crippen molar-refractivity contribution in [2.75, 3.05) is 36.4 Å². The van der Waals surface area contributed by atoms with Crippen LogP contribution >= 0.6 is 0 Å². The second kappa shape index (κ2) is 9.12. The lowest BCUT2D eigenvalue weighted by Crippen LogP contribution is -2.48. The van der Waals surface area contributed by atoms with E-state index in [2.05, 4.69) is 20.9 Å². The number of nitrogens with one attached hydrogen (secondary N) is 1. The summed E-state index contributed by atoms with van der Waals surface area (Å²) in [4.78, 5) is 34.8. The molecule has 1 aliphatic heterocycles. The Morgan fingerprint density at radius 1 is 1.11 bits per heavy atom. The van der Waals surface area contributed by atoms with E-state index in [1.807, 2.05) is 55.1 Å². The molecule has 0 bridgehead atoms. The molecule has 6 rings (SSSR count). The van der Waals surface area contributed by atoms with E-state index in [4.69, 9.17) is 4.98 Å². The first-order valence-corrected chi connectivity index (χ1v) is 13.1. The van der Waals surface area contributed by atoms with Crippen LogP contribution in [0.1, 0.15) is 38.2 Å². The van der Waals surface area contributed by atoms with Gasteiger partial charge in [-0.1, -0.05) is 31.2 Å². The normalized spacial score (nSPS) is 21.2. The molecule has 0 radical (unpaired) electrons. The number of carbonyl (C=O) groups excluding carboxylic acids is 1. The zero-order valence-corrected chi connectivity index (χ0v) is 21.0.